The van der Waals surface area contributed by atoms with Crippen LogP contribution in [0.5, 0.6) is 0 Å². The molecule has 2 aromatic heterocycles. The van der Waals surface area contributed by atoms with Crippen LogP contribution in [0.3, 0.4) is 0 Å². The van der Waals surface area contributed by atoms with Crippen molar-refractivity contribution in [3.05, 3.63) is 12.4 Å². The van der Waals surface area contributed by atoms with Gasteiger partial charge in [0.25, 0.3) is 0 Å². The molecule has 3 heterocycles. The van der Waals surface area contributed by atoms with Crippen LogP contribution in [0, 0.1) is 6.08 Å². The Hall–Kier alpha value is -1.66. The number of nitrogen functional groups attached to an aromatic ring is 1. The molecule has 3 rings (SSSR count). The van der Waals surface area contributed by atoms with Gasteiger partial charge in [0.05, 0.1) is 19.5 Å². The number of carbonyl (C=O) groups is 1. The fourth-order valence-electron chi connectivity index (χ4n) is 2.97. The predicted molar refractivity (Wildman–Crippen MR) is 101 cm³/mol. The van der Waals surface area contributed by atoms with Gasteiger partial charge in [-0.15, -0.1) is 0 Å². The van der Waals surface area contributed by atoms with Crippen molar-refractivity contribution in [3.63, 3.8) is 0 Å². The number of amides is 1. The van der Waals surface area contributed by atoms with E-state index in [0.29, 0.717) is 32.8 Å². The highest BCUT2D eigenvalue weighted by Crippen LogP contribution is 2.42. The number of nitrogens with zero attached hydrogens (tertiary/aromatic N) is 6. The molecule has 0 radical (unpaired) electrons. The van der Waals surface area contributed by atoms with E-state index in [1.807, 2.05) is 4.90 Å². The van der Waals surface area contributed by atoms with E-state index in [1.165, 1.54) is 6.33 Å². The second kappa shape index (κ2) is 8.37. The van der Waals surface area contributed by atoms with Gasteiger partial charge >= 0.3 is 12.2 Å². The van der Waals surface area contributed by atoms with Crippen molar-refractivity contribution in [2.75, 3.05) is 45.1 Å². The number of fused-ring (bicyclic) bond motifs is 1. The van der Waals surface area contributed by atoms with E-state index >= 15 is 0 Å². The fourth-order valence-corrected chi connectivity index (χ4v) is 3.64. The van der Waals surface area contributed by atoms with Crippen LogP contribution in [0.4, 0.5) is 15.0 Å². The van der Waals surface area contributed by atoms with Crippen LogP contribution >= 0.6 is 34.8 Å². The minimum absolute atomic E-state index is 0.0244. The Kier molecular flexibility index (Phi) is 6.30. The van der Waals surface area contributed by atoms with Gasteiger partial charge in [-0.05, 0) is 0 Å². The quantitative estimate of drug-likeness (QED) is 0.515. The lowest BCUT2D eigenvalue weighted by Crippen LogP contribution is -2.48. The summed E-state index contributed by atoms with van der Waals surface area (Å²) in [6.45, 7) is 2.86. The Balaban J connectivity index is 1.97. The number of carboxylic acid groups (broad SMARTS) is 1. The summed E-state index contributed by atoms with van der Waals surface area (Å²) in [7, 11) is 0. The average molecular weight is 457 g/mol. The third-order valence-electron chi connectivity index (χ3n) is 4.28. The van der Waals surface area contributed by atoms with Crippen LogP contribution < -0.4 is 5.73 Å². The zero-order valence-electron chi connectivity index (χ0n) is 14.4. The molecule has 2 aromatic rings. The highest BCUT2D eigenvalue weighted by atomic mass is 35.6. The van der Waals surface area contributed by atoms with E-state index in [2.05, 4.69) is 15.0 Å². The first kappa shape index (κ1) is 21.1. The first-order valence-corrected chi connectivity index (χ1v) is 9.34. The zero-order valence-corrected chi connectivity index (χ0v) is 16.7. The number of rotatable bonds is 5. The second-order valence-electron chi connectivity index (χ2n) is 6.05. The highest BCUT2D eigenvalue weighted by Gasteiger charge is 2.42. The lowest BCUT2D eigenvalue weighted by Gasteiger charge is -2.36. The van der Waals surface area contributed by atoms with Crippen LogP contribution in [0.2, 0.25) is 0 Å². The normalized spacial score (nSPS) is 17.0. The summed E-state index contributed by atoms with van der Waals surface area (Å²) in [5.74, 6) is -0.209. The minimum Gasteiger partial charge on any atom is -0.465 e. The van der Waals surface area contributed by atoms with Crippen molar-refractivity contribution in [3.8, 4) is 0 Å². The lowest BCUT2D eigenvalue weighted by atomic mass is 10.3. The maximum Gasteiger partial charge on any atom is 0.409 e. The van der Waals surface area contributed by atoms with Crippen LogP contribution in [-0.4, -0.2) is 83.7 Å². The van der Waals surface area contributed by atoms with Gasteiger partial charge in [-0.2, -0.15) is 14.4 Å². The Morgan fingerprint density at radius 3 is 2.68 bits per heavy atom. The zero-order chi connectivity index (χ0) is 20.5. The van der Waals surface area contributed by atoms with Gasteiger partial charge in [-0.1, -0.05) is 34.8 Å². The molecule has 1 fully saturated rings. The molecule has 0 aliphatic carbocycles. The molecule has 1 unspecified atom stereocenters. The van der Waals surface area contributed by atoms with Gasteiger partial charge in [0.1, 0.15) is 0 Å². The standard InChI is InChI=1S/C14H17Cl3FN7O3/c15-14(16,17)11(24(13(26)27)2-1-23-3-5-28-6-4-23)25-7-20-8-9(19)21-12(18)22-10(8)25/h7,11H,1-6H2,(H,26,27)(H2,19,21,22). The van der Waals surface area contributed by atoms with Crippen LogP contribution in [0.25, 0.3) is 11.2 Å². The number of alkyl halides is 3. The molecule has 0 bridgehead atoms. The summed E-state index contributed by atoms with van der Waals surface area (Å²) in [5.41, 5.74) is 5.64. The molecule has 28 heavy (non-hydrogen) atoms. The monoisotopic (exact) mass is 455 g/mol. The molecule has 1 aliphatic rings. The fraction of sp³-hybridized carbons (Fsp3) is 0.571. The number of halogens is 4. The smallest absolute Gasteiger partial charge is 0.409 e. The Morgan fingerprint density at radius 2 is 2.07 bits per heavy atom. The second-order valence-corrected chi connectivity index (χ2v) is 8.42. The number of hydrogen-bond acceptors (Lipinski definition) is 7. The van der Waals surface area contributed by atoms with E-state index in [9.17, 15) is 14.3 Å². The topological polar surface area (TPSA) is 123 Å². The average Bonchev–Trinajstić information content (AvgIpc) is 3.01. The van der Waals surface area contributed by atoms with Crippen molar-refractivity contribution in [1.29, 1.82) is 0 Å². The summed E-state index contributed by atoms with van der Waals surface area (Å²) in [6.07, 6.45) is -2.61. The Labute approximate surface area is 173 Å². The van der Waals surface area contributed by atoms with Crippen LogP contribution in [0.1, 0.15) is 6.17 Å². The molecule has 1 atom stereocenters. The highest BCUT2D eigenvalue weighted by molar-refractivity contribution is 6.67. The molecule has 0 aromatic carbocycles. The summed E-state index contributed by atoms with van der Waals surface area (Å²) in [4.78, 5) is 26.0. The van der Waals surface area contributed by atoms with Gasteiger partial charge in [0.2, 0.25) is 3.79 Å². The number of imidazole rings is 1. The SMILES string of the molecule is Nc1nc(F)nc2c1ncn2C(N(CCN1CCOCC1)C(=O)O)C(Cl)(Cl)Cl. The molecule has 154 valence electrons. The molecule has 0 spiro atoms. The van der Waals surface area contributed by atoms with Crippen molar-refractivity contribution in [1.82, 2.24) is 29.3 Å². The van der Waals surface area contributed by atoms with Gasteiger partial charge in [-0.25, -0.2) is 9.78 Å². The number of aromatic nitrogens is 4. The Morgan fingerprint density at radius 1 is 1.39 bits per heavy atom. The molecule has 10 nitrogen and oxygen atoms in total. The van der Waals surface area contributed by atoms with Gasteiger partial charge in [-0.3, -0.25) is 14.4 Å². The molecular weight excluding hydrogens is 440 g/mol. The number of anilines is 1. The maximum absolute atomic E-state index is 13.7. The number of hydrogen-bond donors (Lipinski definition) is 2. The van der Waals surface area contributed by atoms with Gasteiger partial charge < -0.3 is 15.6 Å². The summed E-state index contributed by atoms with van der Waals surface area (Å²) >= 11 is 18.3. The van der Waals surface area contributed by atoms with E-state index in [1.54, 1.807) is 0 Å². The van der Waals surface area contributed by atoms with Crippen LogP contribution in [0.15, 0.2) is 6.33 Å². The molecular formula is C14H17Cl3FN7O3. The van der Waals surface area contributed by atoms with E-state index in [4.69, 9.17) is 45.3 Å². The third-order valence-corrected chi connectivity index (χ3v) is 4.86. The number of morpholine rings is 1. The van der Waals surface area contributed by atoms with E-state index in [0.717, 1.165) is 9.47 Å². The number of nitrogens with two attached hydrogens (primary N) is 1. The first-order valence-electron chi connectivity index (χ1n) is 8.20. The summed E-state index contributed by atoms with van der Waals surface area (Å²) < 4.78 is 18.0. The lowest BCUT2D eigenvalue weighted by molar-refractivity contribution is 0.0285. The van der Waals surface area contributed by atoms with Gasteiger partial charge in [0, 0.05) is 26.2 Å². The van der Waals surface area contributed by atoms with Crippen molar-refractivity contribution in [2.24, 2.45) is 0 Å². The largest absolute Gasteiger partial charge is 0.465 e. The molecule has 1 aliphatic heterocycles. The molecule has 0 saturated carbocycles. The van der Waals surface area contributed by atoms with Gasteiger partial charge in [0.15, 0.2) is 23.1 Å². The molecule has 14 heteroatoms. The van der Waals surface area contributed by atoms with E-state index < -0.39 is 22.1 Å². The third kappa shape index (κ3) is 4.49. The van der Waals surface area contributed by atoms with Crippen LogP contribution in [-0.2, 0) is 4.74 Å². The molecule has 1 amide bonds. The van der Waals surface area contributed by atoms with Crippen molar-refractivity contribution >= 4 is 57.9 Å². The minimum atomic E-state index is -2.10. The molecule has 1 saturated heterocycles. The van der Waals surface area contributed by atoms with Crippen molar-refractivity contribution in [2.45, 2.75) is 9.96 Å². The van der Waals surface area contributed by atoms with E-state index in [-0.39, 0.29) is 23.5 Å². The predicted octanol–water partition coefficient (Wildman–Crippen LogP) is 1.73. The number of ether oxygens (including phenoxy) is 1. The Bertz CT molecular complexity index is 857. The summed E-state index contributed by atoms with van der Waals surface area (Å²) in [6, 6.07) is 0. The van der Waals surface area contributed by atoms with Crippen molar-refractivity contribution < 1.29 is 19.0 Å². The summed E-state index contributed by atoms with van der Waals surface area (Å²) in [5, 5.41) is 9.76. The first-order chi connectivity index (χ1) is 13.2. The molecule has 3 N–H and O–H groups in total. The maximum atomic E-state index is 13.7.